The van der Waals surface area contributed by atoms with Gasteiger partial charge in [-0.2, -0.15) is 0 Å². The molecule has 0 saturated carbocycles. The Morgan fingerprint density at radius 2 is 1.86 bits per heavy atom. The Hall–Kier alpha value is -2.47. The third-order valence-corrected chi connectivity index (χ3v) is 3.21. The van der Waals surface area contributed by atoms with E-state index in [1.807, 2.05) is 0 Å². The van der Waals surface area contributed by atoms with Crippen molar-refractivity contribution in [2.45, 2.75) is 0 Å². The molecule has 0 unspecified atom stereocenters. The number of rotatable bonds is 3. The highest BCUT2D eigenvalue weighted by Crippen LogP contribution is 2.26. The molecule has 2 aromatic rings. The average molecular weight is 309 g/mol. The Labute approximate surface area is 124 Å². The molecule has 2 rings (SSSR count). The molecule has 0 radical (unpaired) electrons. The third kappa shape index (κ3) is 3.17. The Kier molecular flexibility index (Phi) is 4.18. The molecular weight excluding hydrogens is 299 g/mol. The van der Waals surface area contributed by atoms with Crippen LogP contribution in [-0.2, 0) is 0 Å². The van der Waals surface area contributed by atoms with Crippen molar-refractivity contribution in [1.82, 2.24) is 0 Å². The van der Waals surface area contributed by atoms with Crippen molar-refractivity contribution in [3.05, 3.63) is 69.0 Å². The Morgan fingerprint density at radius 1 is 1.24 bits per heavy atom. The first-order chi connectivity index (χ1) is 9.90. The van der Waals surface area contributed by atoms with Crippen LogP contribution in [0.1, 0.15) is 10.4 Å². The van der Waals surface area contributed by atoms with Crippen molar-refractivity contribution < 1.29 is 14.1 Å². The first kappa shape index (κ1) is 14.9. The van der Waals surface area contributed by atoms with Crippen LogP contribution < -0.4 is 4.90 Å². The number of nitro benzene ring substituents is 1. The highest BCUT2D eigenvalue weighted by atomic mass is 35.5. The average Bonchev–Trinajstić information content (AvgIpc) is 2.46. The zero-order valence-electron chi connectivity index (χ0n) is 10.9. The largest absolute Gasteiger partial charge is 0.311 e. The maximum Gasteiger partial charge on any atom is 0.287 e. The van der Waals surface area contributed by atoms with E-state index in [1.54, 1.807) is 0 Å². The number of carbonyl (C=O) groups is 1. The van der Waals surface area contributed by atoms with Gasteiger partial charge in [-0.25, -0.2) is 4.39 Å². The highest BCUT2D eigenvalue weighted by molar-refractivity contribution is 6.33. The number of amides is 1. The summed E-state index contributed by atoms with van der Waals surface area (Å²) in [5.74, 6) is -0.809. The molecule has 0 saturated heterocycles. The molecular formula is C14H10ClFN2O3. The molecule has 0 aliphatic heterocycles. The minimum Gasteiger partial charge on any atom is -0.311 e. The van der Waals surface area contributed by atoms with Gasteiger partial charge in [0, 0.05) is 24.4 Å². The molecule has 7 heteroatoms. The molecule has 2 aromatic carbocycles. The van der Waals surface area contributed by atoms with E-state index >= 15 is 0 Å². The molecule has 0 bridgehead atoms. The van der Waals surface area contributed by atoms with Gasteiger partial charge in [0.05, 0.1) is 4.92 Å². The van der Waals surface area contributed by atoms with E-state index in [-0.39, 0.29) is 16.3 Å². The van der Waals surface area contributed by atoms with Crippen molar-refractivity contribution in [2.24, 2.45) is 0 Å². The molecule has 0 N–H and O–H groups in total. The monoisotopic (exact) mass is 308 g/mol. The van der Waals surface area contributed by atoms with Gasteiger partial charge in [0.2, 0.25) is 0 Å². The lowest BCUT2D eigenvalue weighted by Gasteiger charge is -2.17. The molecule has 0 atom stereocenters. The first-order valence-electron chi connectivity index (χ1n) is 5.87. The van der Waals surface area contributed by atoms with Gasteiger partial charge in [-0.05, 0) is 36.4 Å². The predicted octanol–water partition coefficient (Wildman–Crippen LogP) is 3.66. The zero-order valence-corrected chi connectivity index (χ0v) is 11.7. The van der Waals surface area contributed by atoms with Gasteiger partial charge in [0.15, 0.2) is 0 Å². The number of benzene rings is 2. The third-order valence-electron chi connectivity index (χ3n) is 2.91. The second-order valence-corrected chi connectivity index (χ2v) is 4.67. The van der Waals surface area contributed by atoms with Crippen LogP contribution >= 0.6 is 11.6 Å². The number of hydrogen-bond donors (Lipinski definition) is 0. The van der Waals surface area contributed by atoms with Gasteiger partial charge in [-0.1, -0.05) is 11.6 Å². The topological polar surface area (TPSA) is 63.5 Å². The molecule has 1 amide bonds. The van der Waals surface area contributed by atoms with Gasteiger partial charge in [-0.15, -0.1) is 0 Å². The first-order valence-corrected chi connectivity index (χ1v) is 6.25. The van der Waals surface area contributed by atoms with E-state index in [9.17, 15) is 19.3 Å². The van der Waals surface area contributed by atoms with Crippen LogP contribution in [0, 0.1) is 15.9 Å². The molecule has 0 aromatic heterocycles. The van der Waals surface area contributed by atoms with Gasteiger partial charge < -0.3 is 4.90 Å². The highest BCUT2D eigenvalue weighted by Gasteiger charge is 2.18. The fourth-order valence-corrected chi connectivity index (χ4v) is 2.01. The second kappa shape index (κ2) is 5.88. The van der Waals surface area contributed by atoms with Crippen LogP contribution in [0.2, 0.25) is 5.02 Å². The van der Waals surface area contributed by atoms with Gasteiger partial charge in [0.25, 0.3) is 11.6 Å². The fourth-order valence-electron chi connectivity index (χ4n) is 1.76. The zero-order chi connectivity index (χ0) is 15.6. The van der Waals surface area contributed by atoms with Crippen molar-refractivity contribution in [3.63, 3.8) is 0 Å². The lowest BCUT2D eigenvalue weighted by atomic mass is 10.1. The minimum atomic E-state index is -0.625. The number of hydrogen-bond acceptors (Lipinski definition) is 3. The number of nitrogens with zero attached hydrogens (tertiary/aromatic N) is 2. The van der Waals surface area contributed by atoms with Crippen molar-refractivity contribution >= 4 is 28.9 Å². The van der Waals surface area contributed by atoms with Crippen LogP contribution in [0.15, 0.2) is 42.5 Å². The lowest BCUT2D eigenvalue weighted by molar-refractivity contribution is -0.384. The van der Waals surface area contributed by atoms with Crippen LogP contribution in [0.5, 0.6) is 0 Å². The molecule has 0 heterocycles. The molecule has 21 heavy (non-hydrogen) atoms. The van der Waals surface area contributed by atoms with Crippen molar-refractivity contribution in [3.8, 4) is 0 Å². The quantitative estimate of drug-likeness (QED) is 0.642. The molecule has 0 aliphatic rings. The SMILES string of the molecule is CN(C(=O)c1ccc([N+](=O)[O-])c(Cl)c1)c1ccc(F)cc1. The van der Waals surface area contributed by atoms with E-state index in [0.29, 0.717) is 5.69 Å². The van der Waals surface area contributed by atoms with Gasteiger partial charge >= 0.3 is 0 Å². The Morgan fingerprint density at radius 3 is 2.38 bits per heavy atom. The van der Waals surface area contributed by atoms with Gasteiger partial charge in [0.1, 0.15) is 10.8 Å². The molecule has 0 fully saturated rings. The van der Waals surface area contributed by atoms with E-state index in [2.05, 4.69) is 0 Å². The predicted molar refractivity (Wildman–Crippen MR) is 77.2 cm³/mol. The van der Waals surface area contributed by atoms with Gasteiger partial charge in [-0.3, -0.25) is 14.9 Å². The van der Waals surface area contributed by atoms with Crippen molar-refractivity contribution in [1.29, 1.82) is 0 Å². The maximum absolute atomic E-state index is 12.9. The molecule has 5 nitrogen and oxygen atoms in total. The van der Waals surface area contributed by atoms with Crippen LogP contribution in [0.4, 0.5) is 15.8 Å². The number of carbonyl (C=O) groups excluding carboxylic acids is 1. The second-order valence-electron chi connectivity index (χ2n) is 4.26. The summed E-state index contributed by atoms with van der Waals surface area (Å²) in [6.07, 6.45) is 0. The standard InChI is InChI=1S/C14H10ClFN2O3/c1-17(11-5-3-10(16)4-6-11)14(19)9-2-7-13(18(20)21)12(15)8-9/h2-8H,1H3. The maximum atomic E-state index is 12.9. The summed E-state index contributed by atoms with van der Waals surface area (Å²) in [4.78, 5) is 23.6. The Bertz CT molecular complexity index is 704. The lowest BCUT2D eigenvalue weighted by Crippen LogP contribution is -2.26. The van der Waals surface area contributed by atoms with E-state index in [1.165, 1.54) is 54.4 Å². The summed E-state index contributed by atoms with van der Waals surface area (Å²) >= 11 is 5.78. The van der Waals surface area contributed by atoms with E-state index < -0.39 is 16.6 Å². The summed E-state index contributed by atoms with van der Waals surface area (Å²) in [7, 11) is 1.52. The van der Waals surface area contributed by atoms with Crippen molar-refractivity contribution in [2.75, 3.05) is 11.9 Å². The summed E-state index contributed by atoms with van der Waals surface area (Å²) in [6, 6.07) is 9.13. The normalized spacial score (nSPS) is 10.2. The van der Waals surface area contributed by atoms with Crippen LogP contribution in [0.3, 0.4) is 0 Å². The summed E-state index contributed by atoms with van der Waals surface area (Å²) in [5, 5.41) is 10.6. The number of halogens is 2. The van der Waals surface area contributed by atoms with Crippen LogP contribution in [-0.4, -0.2) is 17.9 Å². The van der Waals surface area contributed by atoms with Crippen LogP contribution in [0.25, 0.3) is 0 Å². The summed E-state index contributed by atoms with van der Waals surface area (Å²) in [6.45, 7) is 0. The smallest absolute Gasteiger partial charge is 0.287 e. The van der Waals surface area contributed by atoms with E-state index in [0.717, 1.165) is 0 Å². The fraction of sp³-hybridized carbons (Fsp3) is 0.0714. The van der Waals surface area contributed by atoms with E-state index in [4.69, 9.17) is 11.6 Å². The number of nitro groups is 1. The number of anilines is 1. The molecule has 0 spiro atoms. The summed E-state index contributed by atoms with van der Waals surface area (Å²) in [5.41, 5.74) is 0.436. The molecule has 108 valence electrons. The Balaban J connectivity index is 2.29. The summed E-state index contributed by atoms with van der Waals surface area (Å²) < 4.78 is 12.9. The minimum absolute atomic E-state index is 0.113. The molecule has 0 aliphatic carbocycles.